The molecule has 1 aromatic rings. The molecule has 2 heteroatoms. The summed E-state index contributed by atoms with van der Waals surface area (Å²) in [6.07, 6.45) is 0. The van der Waals surface area contributed by atoms with Crippen LogP contribution < -0.4 is 4.74 Å². The molecule has 2 nitrogen and oxygen atoms in total. The molecule has 19 heavy (non-hydrogen) atoms. The molecule has 0 aromatic heterocycles. The van der Waals surface area contributed by atoms with Crippen molar-refractivity contribution in [2.24, 2.45) is 0 Å². The molecule has 0 aliphatic carbocycles. The molecule has 1 rings (SSSR count). The van der Waals surface area contributed by atoms with E-state index in [-0.39, 0.29) is 10.8 Å². The molecule has 0 heterocycles. The van der Waals surface area contributed by atoms with Crippen LogP contribution in [0.25, 0.3) is 0 Å². The molecule has 1 aromatic carbocycles. The molecule has 0 aliphatic rings. The number of benzene rings is 1. The van der Waals surface area contributed by atoms with Gasteiger partial charge in [0.2, 0.25) is 0 Å². The molecule has 2 radical (unpaired) electrons. The predicted octanol–water partition coefficient (Wildman–Crippen LogP) is 4.22. The third-order valence-corrected chi connectivity index (χ3v) is 2.96. The summed E-state index contributed by atoms with van der Waals surface area (Å²) in [6, 6.07) is 6.40. The number of ether oxygens (including phenoxy) is 1. The van der Waals surface area contributed by atoms with Gasteiger partial charge in [-0.05, 0) is 36.1 Å². The van der Waals surface area contributed by atoms with E-state index in [0.29, 0.717) is 0 Å². The van der Waals surface area contributed by atoms with Crippen LogP contribution in [-0.4, -0.2) is 19.0 Å². The van der Waals surface area contributed by atoms with Crippen molar-refractivity contribution in [3.8, 4) is 5.75 Å². The second kappa shape index (κ2) is 5.54. The fourth-order valence-corrected chi connectivity index (χ4v) is 1.97. The molecule has 0 bridgehead atoms. The number of para-hydroxylation sites is 1. The molecule has 106 valence electrons. The first-order chi connectivity index (χ1) is 8.53. The van der Waals surface area contributed by atoms with Gasteiger partial charge in [-0.15, -0.1) is 0 Å². The summed E-state index contributed by atoms with van der Waals surface area (Å²) in [7, 11) is 3.83. The minimum absolute atomic E-state index is 0.0462. The van der Waals surface area contributed by atoms with Crippen molar-refractivity contribution in [1.29, 1.82) is 0 Å². The van der Waals surface area contributed by atoms with Crippen molar-refractivity contribution in [3.05, 3.63) is 36.1 Å². The van der Waals surface area contributed by atoms with E-state index in [1.807, 2.05) is 14.1 Å². The Bertz CT molecular complexity index is 390. The van der Waals surface area contributed by atoms with Crippen molar-refractivity contribution >= 4 is 0 Å². The topological polar surface area (TPSA) is 12.5 Å². The highest BCUT2D eigenvalue weighted by molar-refractivity contribution is 5.48. The van der Waals surface area contributed by atoms with Gasteiger partial charge in [0.1, 0.15) is 5.75 Å². The first-order valence-electron chi connectivity index (χ1n) is 6.77. The summed E-state index contributed by atoms with van der Waals surface area (Å²) in [4.78, 5) is 1.80. The van der Waals surface area contributed by atoms with Gasteiger partial charge in [-0.2, -0.15) is 0 Å². The van der Waals surface area contributed by atoms with E-state index in [9.17, 15) is 0 Å². The zero-order valence-electron chi connectivity index (χ0n) is 13.6. The molecule has 0 saturated carbocycles. The molecule has 0 atom stereocenters. The Balaban J connectivity index is 3.33. The first kappa shape index (κ1) is 16.0. The summed E-state index contributed by atoms with van der Waals surface area (Å²) in [5.74, 6) is 0.941. The molecule has 0 unspecified atom stereocenters. The molecule has 0 fully saturated rings. The Hall–Kier alpha value is -1.02. The number of hydrogen-bond donors (Lipinski definition) is 0. The van der Waals surface area contributed by atoms with Gasteiger partial charge in [-0.3, -0.25) is 4.90 Å². The van der Waals surface area contributed by atoms with E-state index in [1.54, 1.807) is 4.90 Å². The molecule has 0 spiro atoms. The van der Waals surface area contributed by atoms with Gasteiger partial charge in [0, 0.05) is 0 Å². The Morgan fingerprint density at radius 1 is 0.895 bits per heavy atom. The van der Waals surface area contributed by atoms with Gasteiger partial charge < -0.3 is 4.74 Å². The number of rotatable bonds is 3. The van der Waals surface area contributed by atoms with Crippen molar-refractivity contribution < 1.29 is 4.74 Å². The van der Waals surface area contributed by atoms with E-state index in [0.717, 1.165) is 5.75 Å². The lowest BCUT2D eigenvalue weighted by Crippen LogP contribution is -2.21. The third-order valence-electron chi connectivity index (χ3n) is 2.96. The monoisotopic (exact) mass is 261 g/mol. The van der Waals surface area contributed by atoms with Gasteiger partial charge in [0.25, 0.3) is 6.73 Å². The second-order valence-electron chi connectivity index (χ2n) is 7.27. The fraction of sp³-hybridized carbons (Fsp3) is 0.588. The standard InChI is InChI=1S/C17H27NO/c1-16(2,3)13-10-9-11-14(17(4,5)6)15(13)19-12-18(7)8/h9-11H,1-8H3. The minimum Gasteiger partial charge on any atom is -0.460 e. The van der Waals surface area contributed by atoms with Crippen molar-refractivity contribution in [2.45, 2.75) is 52.4 Å². The molecule has 0 aliphatic heterocycles. The Morgan fingerprint density at radius 2 is 1.32 bits per heavy atom. The van der Waals surface area contributed by atoms with Crippen LogP contribution in [0, 0.1) is 6.73 Å². The summed E-state index contributed by atoms with van der Waals surface area (Å²) < 4.78 is 5.86. The molecule has 0 amide bonds. The zero-order chi connectivity index (χ0) is 14.8. The zero-order valence-corrected chi connectivity index (χ0v) is 13.6. The highest BCUT2D eigenvalue weighted by Gasteiger charge is 2.26. The SMILES string of the molecule is CN(C)[C]Oc1c(C(C)(C)C)cccc1C(C)(C)C. The molecule has 0 saturated heterocycles. The lowest BCUT2D eigenvalue weighted by atomic mass is 9.79. The summed E-state index contributed by atoms with van der Waals surface area (Å²) in [6.45, 7) is 16.2. The predicted molar refractivity (Wildman–Crippen MR) is 81.4 cm³/mol. The average molecular weight is 261 g/mol. The first-order valence-corrected chi connectivity index (χ1v) is 6.77. The highest BCUT2D eigenvalue weighted by Crippen LogP contribution is 2.39. The van der Waals surface area contributed by atoms with E-state index < -0.39 is 0 Å². The lowest BCUT2D eigenvalue weighted by molar-refractivity contribution is 0.256. The van der Waals surface area contributed by atoms with Gasteiger partial charge in [-0.1, -0.05) is 59.7 Å². The third kappa shape index (κ3) is 4.24. The van der Waals surface area contributed by atoms with Crippen LogP contribution in [0.5, 0.6) is 5.75 Å². The highest BCUT2D eigenvalue weighted by atomic mass is 16.5. The second-order valence-corrected chi connectivity index (χ2v) is 7.27. The van der Waals surface area contributed by atoms with Crippen LogP contribution in [0.3, 0.4) is 0 Å². The largest absolute Gasteiger partial charge is 0.460 e. The number of nitrogens with zero attached hydrogens (tertiary/aromatic N) is 1. The van der Waals surface area contributed by atoms with Gasteiger partial charge >= 0.3 is 0 Å². The van der Waals surface area contributed by atoms with Crippen molar-refractivity contribution in [2.75, 3.05) is 14.1 Å². The smallest absolute Gasteiger partial charge is 0.282 e. The Kier molecular flexibility index (Phi) is 4.67. The van der Waals surface area contributed by atoms with E-state index in [4.69, 9.17) is 4.74 Å². The van der Waals surface area contributed by atoms with Gasteiger partial charge in [0.15, 0.2) is 0 Å². The van der Waals surface area contributed by atoms with E-state index >= 15 is 0 Å². The van der Waals surface area contributed by atoms with Crippen molar-refractivity contribution in [1.82, 2.24) is 4.90 Å². The molecule has 0 N–H and O–H groups in total. The quantitative estimate of drug-likeness (QED) is 0.755. The Morgan fingerprint density at radius 3 is 1.63 bits per heavy atom. The van der Waals surface area contributed by atoms with E-state index in [2.05, 4.69) is 66.5 Å². The maximum absolute atomic E-state index is 5.86. The van der Waals surface area contributed by atoms with Crippen LogP contribution in [0.4, 0.5) is 0 Å². The maximum Gasteiger partial charge on any atom is 0.282 e. The van der Waals surface area contributed by atoms with Crippen LogP contribution >= 0.6 is 0 Å². The molecular formula is C17H27NO. The lowest BCUT2D eigenvalue weighted by Gasteiger charge is -2.29. The van der Waals surface area contributed by atoms with Crippen LogP contribution in [0.2, 0.25) is 0 Å². The van der Waals surface area contributed by atoms with Gasteiger partial charge in [-0.25, -0.2) is 0 Å². The van der Waals surface area contributed by atoms with Crippen LogP contribution in [0.15, 0.2) is 18.2 Å². The molecular weight excluding hydrogens is 234 g/mol. The number of hydrogen-bond acceptors (Lipinski definition) is 2. The minimum atomic E-state index is 0.0462. The average Bonchev–Trinajstić information content (AvgIpc) is 2.23. The normalized spacial score (nSPS) is 12.9. The summed E-state index contributed by atoms with van der Waals surface area (Å²) >= 11 is 0. The van der Waals surface area contributed by atoms with Crippen LogP contribution in [-0.2, 0) is 10.8 Å². The van der Waals surface area contributed by atoms with Crippen LogP contribution in [0.1, 0.15) is 52.7 Å². The Labute approximate surface area is 118 Å². The summed E-state index contributed by atoms with van der Waals surface area (Å²) in [5.41, 5.74) is 2.53. The van der Waals surface area contributed by atoms with Crippen molar-refractivity contribution in [3.63, 3.8) is 0 Å². The maximum atomic E-state index is 5.86. The van der Waals surface area contributed by atoms with Gasteiger partial charge in [0.05, 0.1) is 0 Å². The fourth-order valence-electron chi connectivity index (χ4n) is 1.97. The van der Waals surface area contributed by atoms with E-state index in [1.165, 1.54) is 11.1 Å². The summed E-state index contributed by atoms with van der Waals surface area (Å²) in [5, 5.41) is 0.